The van der Waals surface area contributed by atoms with Gasteiger partial charge in [-0.15, -0.1) is 11.3 Å². The summed E-state index contributed by atoms with van der Waals surface area (Å²) in [5.74, 6) is 0. The first kappa shape index (κ1) is 14.0. The molecule has 0 aromatic carbocycles. The van der Waals surface area contributed by atoms with E-state index >= 15 is 0 Å². The molecule has 0 aliphatic heterocycles. The number of nitrogens with one attached hydrogen (secondary N) is 1. The molecule has 0 radical (unpaired) electrons. The van der Waals surface area contributed by atoms with Crippen molar-refractivity contribution >= 4 is 11.3 Å². The second-order valence-electron chi connectivity index (χ2n) is 5.07. The molecule has 4 heteroatoms. The van der Waals surface area contributed by atoms with Crippen LogP contribution in [0.1, 0.15) is 54.6 Å². The molecule has 0 atom stereocenters. The van der Waals surface area contributed by atoms with Gasteiger partial charge in [-0.2, -0.15) is 0 Å². The maximum atomic E-state index is 5.84. The highest BCUT2D eigenvalue weighted by Gasteiger charge is 2.39. The van der Waals surface area contributed by atoms with Gasteiger partial charge in [-0.1, -0.05) is 26.2 Å². The quantitative estimate of drug-likeness (QED) is 0.860. The molecule has 1 aromatic heterocycles. The average Bonchev–Trinajstić information content (AvgIpc) is 2.98. The van der Waals surface area contributed by atoms with Crippen LogP contribution in [0.5, 0.6) is 0 Å². The lowest BCUT2D eigenvalue weighted by atomic mass is 10.0. The van der Waals surface area contributed by atoms with Crippen LogP contribution in [0.3, 0.4) is 0 Å². The van der Waals surface area contributed by atoms with Crippen LogP contribution in [-0.2, 0) is 23.3 Å². The topological polar surface area (TPSA) is 34.1 Å². The molecule has 1 heterocycles. The van der Waals surface area contributed by atoms with Crippen molar-refractivity contribution in [3.8, 4) is 0 Å². The van der Waals surface area contributed by atoms with E-state index in [4.69, 9.17) is 9.72 Å². The second kappa shape index (κ2) is 6.13. The van der Waals surface area contributed by atoms with Crippen molar-refractivity contribution in [3.63, 3.8) is 0 Å². The van der Waals surface area contributed by atoms with E-state index in [1.165, 1.54) is 28.4 Å². The van der Waals surface area contributed by atoms with Gasteiger partial charge in [-0.3, -0.25) is 0 Å². The Morgan fingerprint density at radius 2 is 2.11 bits per heavy atom. The molecular weight excluding hydrogens is 244 g/mol. The van der Waals surface area contributed by atoms with E-state index in [9.17, 15) is 0 Å². The summed E-state index contributed by atoms with van der Waals surface area (Å²) in [6.45, 7) is 3.14. The number of hydrogen-bond donors (Lipinski definition) is 1. The van der Waals surface area contributed by atoms with Gasteiger partial charge in [0.2, 0.25) is 0 Å². The molecular formula is C14H24N2OS. The molecule has 1 aliphatic rings. The fourth-order valence-electron chi connectivity index (χ4n) is 2.76. The van der Waals surface area contributed by atoms with E-state index < -0.39 is 0 Å². The summed E-state index contributed by atoms with van der Waals surface area (Å²) in [5.41, 5.74) is 1.19. The van der Waals surface area contributed by atoms with E-state index in [-0.39, 0.29) is 5.60 Å². The Bertz CT molecular complexity index is 360. The molecule has 1 fully saturated rings. The molecule has 1 saturated carbocycles. The van der Waals surface area contributed by atoms with Gasteiger partial charge in [0, 0.05) is 18.5 Å². The zero-order valence-electron chi connectivity index (χ0n) is 11.7. The minimum atomic E-state index is -0.0842. The third-order valence-electron chi connectivity index (χ3n) is 3.79. The molecule has 102 valence electrons. The van der Waals surface area contributed by atoms with Crippen molar-refractivity contribution in [3.05, 3.63) is 15.6 Å². The van der Waals surface area contributed by atoms with Gasteiger partial charge in [0.25, 0.3) is 0 Å². The first-order valence-corrected chi connectivity index (χ1v) is 7.76. The number of hydrogen-bond acceptors (Lipinski definition) is 4. The van der Waals surface area contributed by atoms with E-state index in [0.29, 0.717) is 0 Å². The zero-order valence-corrected chi connectivity index (χ0v) is 12.5. The highest BCUT2D eigenvalue weighted by Crippen LogP contribution is 2.43. The average molecular weight is 268 g/mol. The van der Waals surface area contributed by atoms with Crippen LogP contribution in [0.15, 0.2) is 0 Å². The first-order valence-electron chi connectivity index (χ1n) is 6.94. The largest absolute Gasteiger partial charge is 0.371 e. The van der Waals surface area contributed by atoms with E-state index in [1.807, 2.05) is 25.5 Å². The van der Waals surface area contributed by atoms with Crippen molar-refractivity contribution in [2.75, 3.05) is 14.2 Å². The smallest absolute Gasteiger partial charge is 0.125 e. The van der Waals surface area contributed by atoms with Gasteiger partial charge in [-0.05, 0) is 26.3 Å². The van der Waals surface area contributed by atoms with E-state index in [1.54, 1.807) is 0 Å². The van der Waals surface area contributed by atoms with Gasteiger partial charge in [0.05, 0.1) is 5.69 Å². The molecule has 0 amide bonds. The Morgan fingerprint density at radius 3 is 2.67 bits per heavy atom. The van der Waals surface area contributed by atoms with E-state index in [2.05, 4.69) is 12.2 Å². The monoisotopic (exact) mass is 268 g/mol. The van der Waals surface area contributed by atoms with Crippen LogP contribution in [0.4, 0.5) is 0 Å². The minimum absolute atomic E-state index is 0.0842. The van der Waals surface area contributed by atoms with Crippen molar-refractivity contribution in [1.82, 2.24) is 10.3 Å². The van der Waals surface area contributed by atoms with Gasteiger partial charge in [0.15, 0.2) is 0 Å². The summed E-state index contributed by atoms with van der Waals surface area (Å²) in [6.07, 6.45) is 7.01. The number of aromatic nitrogens is 1. The molecule has 0 saturated heterocycles. The van der Waals surface area contributed by atoms with Crippen LogP contribution < -0.4 is 5.32 Å². The molecule has 0 bridgehead atoms. The molecule has 1 aromatic rings. The summed E-state index contributed by atoms with van der Waals surface area (Å²) in [7, 11) is 3.83. The Labute approximate surface area is 114 Å². The van der Waals surface area contributed by atoms with Crippen molar-refractivity contribution in [2.24, 2.45) is 0 Å². The molecule has 1 aliphatic carbocycles. The molecule has 18 heavy (non-hydrogen) atoms. The number of thiazole rings is 1. The Morgan fingerprint density at radius 1 is 1.39 bits per heavy atom. The lowest BCUT2D eigenvalue weighted by Crippen LogP contribution is -2.24. The standard InChI is InChI=1S/C14H24N2OS/c1-4-7-11-12(10-15-2)18-13(16-11)14(17-3)8-5-6-9-14/h15H,4-10H2,1-3H3. The number of nitrogens with zero attached hydrogens (tertiary/aromatic N) is 1. The zero-order chi connectivity index (χ0) is 13.0. The normalized spacial score (nSPS) is 18.4. The minimum Gasteiger partial charge on any atom is -0.371 e. The van der Waals surface area contributed by atoms with Gasteiger partial charge in [-0.25, -0.2) is 4.98 Å². The van der Waals surface area contributed by atoms with Gasteiger partial charge < -0.3 is 10.1 Å². The fourth-order valence-corrected chi connectivity index (χ4v) is 4.11. The highest BCUT2D eigenvalue weighted by molar-refractivity contribution is 7.11. The van der Waals surface area contributed by atoms with Crippen LogP contribution in [0, 0.1) is 0 Å². The summed E-state index contributed by atoms with van der Waals surface area (Å²) in [4.78, 5) is 6.28. The lowest BCUT2D eigenvalue weighted by molar-refractivity contribution is -0.00896. The first-order chi connectivity index (χ1) is 8.75. The Hall–Kier alpha value is -0.450. The maximum Gasteiger partial charge on any atom is 0.125 e. The summed E-state index contributed by atoms with van der Waals surface area (Å²) < 4.78 is 5.84. The molecule has 0 spiro atoms. The summed E-state index contributed by atoms with van der Waals surface area (Å²) in [6, 6.07) is 0. The SMILES string of the molecule is CCCc1nc(C2(OC)CCCC2)sc1CNC. The van der Waals surface area contributed by atoms with Gasteiger partial charge in [0.1, 0.15) is 10.6 Å². The van der Waals surface area contributed by atoms with Crippen LogP contribution >= 0.6 is 11.3 Å². The van der Waals surface area contributed by atoms with Gasteiger partial charge >= 0.3 is 0 Å². The second-order valence-corrected chi connectivity index (χ2v) is 6.16. The molecule has 0 unspecified atom stereocenters. The number of ether oxygens (including phenoxy) is 1. The van der Waals surface area contributed by atoms with Crippen LogP contribution in [0.2, 0.25) is 0 Å². The summed E-state index contributed by atoms with van der Waals surface area (Å²) >= 11 is 1.85. The number of rotatable bonds is 6. The third-order valence-corrected chi connectivity index (χ3v) is 5.08. The van der Waals surface area contributed by atoms with E-state index in [0.717, 1.165) is 32.2 Å². The van der Waals surface area contributed by atoms with Crippen molar-refractivity contribution < 1.29 is 4.74 Å². The van der Waals surface area contributed by atoms with Crippen molar-refractivity contribution in [1.29, 1.82) is 0 Å². The molecule has 3 nitrogen and oxygen atoms in total. The fraction of sp³-hybridized carbons (Fsp3) is 0.786. The molecule has 1 N–H and O–H groups in total. The lowest BCUT2D eigenvalue weighted by Gasteiger charge is -2.24. The van der Waals surface area contributed by atoms with Crippen LogP contribution in [-0.4, -0.2) is 19.1 Å². The van der Waals surface area contributed by atoms with Crippen molar-refractivity contribution in [2.45, 2.75) is 57.6 Å². The summed E-state index contributed by atoms with van der Waals surface area (Å²) in [5, 5.41) is 4.45. The maximum absolute atomic E-state index is 5.84. The highest BCUT2D eigenvalue weighted by atomic mass is 32.1. The predicted molar refractivity (Wildman–Crippen MR) is 76.0 cm³/mol. The Kier molecular flexibility index (Phi) is 4.76. The number of aryl methyl sites for hydroxylation is 1. The third kappa shape index (κ3) is 2.60. The Balaban J connectivity index is 2.29. The predicted octanol–water partition coefficient (Wildman–Crippen LogP) is 3.23. The number of methoxy groups -OCH3 is 1. The molecule has 2 rings (SSSR count). The van der Waals surface area contributed by atoms with Crippen LogP contribution in [0.25, 0.3) is 0 Å².